The van der Waals surface area contributed by atoms with Gasteiger partial charge in [-0.15, -0.1) is 0 Å². The highest BCUT2D eigenvalue weighted by molar-refractivity contribution is 7.88. The minimum absolute atomic E-state index is 0.00407. The number of hydrogen-bond donors (Lipinski definition) is 1. The van der Waals surface area contributed by atoms with Gasteiger partial charge in [-0.05, 0) is 75.3 Å². The molecule has 1 N–H and O–H groups in total. The number of piperidine rings is 1. The zero-order chi connectivity index (χ0) is 26.6. The third-order valence-electron chi connectivity index (χ3n) is 7.57. The van der Waals surface area contributed by atoms with E-state index in [1.54, 1.807) is 0 Å². The van der Waals surface area contributed by atoms with Gasteiger partial charge in [0.1, 0.15) is 5.82 Å². The summed E-state index contributed by atoms with van der Waals surface area (Å²) >= 11 is 0. The molecule has 200 valence electrons. The van der Waals surface area contributed by atoms with E-state index in [1.807, 2.05) is 30.0 Å². The van der Waals surface area contributed by atoms with Crippen LogP contribution in [0.4, 0.5) is 4.39 Å². The van der Waals surface area contributed by atoms with Crippen LogP contribution < -0.4 is 5.32 Å². The number of aryl methyl sites for hydroxylation is 1. The molecule has 0 spiro atoms. The molecule has 1 aliphatic heterocycles. The number of carbonyl (C=O) groups is 2. The molecule has 2 aromatic rings. The summed E-state index contributed by atoms with van der Waals surface area (Å²) < 4.78 is 38.4. The normalized spacial score (nSPS) is 21.4. The lowest BCUT2D eigenvalue weighted by atomic mass is 9.88. The Morgan fingerprint density at radius 2 is 1.65 bits per heavy atom. The number of amides is 2. The molecule has 4 rings (SSSR count). The maximum absolute atomic E-state index is 13.5. The van der Waals surface area contributed by atoms with Crippen molar-refractivity contribution < 1.29 is 22.4 Å². The summed E-state index contributed by atoms with van der Waals surface area (Å²) in [7, 11) is -3.22. The molecule has 1 heterocycles. The average Bonchev–Trinajstić information content (AvgIpc) is 2.87. The minimum atomic E-state index is -3.22. The molecule has 2 fully saturated rings. The zero-order valence-electron chi connectivity index (χ0n) is 21.5. The summed E-state index contributed by atoms with van der Waals surface area (Å²) in [6.45, 7) is 3.25. The van der Waals surface area contributed by atoms with Crippen molar-refractivity contribution in [3.63, 3.8) is 0 Å². The van der Waals surface area contributed by atoms with E-state index in [-0.39, 0.29) is 35.6 Å². The molecular weight excluding hydrogens is 493 g/mol. The predicted molar refractivity (Wildman–Crippen MR) is 141 cm³/mol. The van der Waals surface area contributed by atoms with Crippen molar-refractivity contribution in [3.05, 3.63) is 71.0 Å². The van der Waals surface area contributed by atoms with Crippen LogP contribution in [0.1, 0.15) is 60.0 Å². The van der Waals surface area contributed by atoms with Gasteiger partial charge in [0, 0.05) is 43.2 Å². The van der Waals surface area contributed by atoms with E-state index in [0.29, 0.717) is 38.0 Å². The second kappa shape index (κ2) is 11.7. The molecule has 0 atom stereocenters. The van der Waals surface area contributed by atoms with Gasteiger partial charge in [0.25, 0.3) is 5.91 Å². The Morgan fingerprint density at radius 3 is 2.24 bits per heavy atom. The third kappa shape index (κ3) is 7.17. The topological polar surface area (TPSA) is 86.8 Å². The zero-order valence-corrected chi connectivity index (χ0v) is 22.3. The van der Waals surface area contributed by atoms with Crippen molar-refractivity contribution >= 4 is 21.8 Å². The first-order valence-electron chi connectivity index (χ1n) is 13.0. The first-order chi connectivity index (χ1) is 17.6. The van der Waals surface area contributed by atoms with Gasteiger partial charge in [0.15, 0.2) is 0 Å². The van der Waals surface area contributed by atoms with Crippen molar-refractivity contribution in [1.82, 2.24) is 14.5 Å². The maximum Gasteiger partial charge on any atom is 0.254 e. The lowest BCUT2D eigenvalue weighted by molar-refractivity contribution is -0.127. The number of nitrogens with zero attached hydrogens (tertiary/aromatic N) is 2. The molecule has 2 aromatic carbocycles. The summed E-state index contributed by atoms with van der Waals surface area (Å²) in [4.78, 5) is 28.2. The molecule has 7 nitrogen and oxygen atoms in total. The fraction of sp³-hybridized carbons (Fsp3) is 0.500. The quantitative estimate of drug-likeness (QED) is 0.590. The smallest absolute Gasteiger partial charge is 0.254 e. The second-order valence-electron chi connectivity index (χ2n) is 10.4. The number of nitrogens with one attached hydrogen (secondary N) is 1. The predicted octanol–water partition coefficient (Wildman–Crippen LogP) is 3.88. The minimum Gasteiger partial charge on any atom is -0.353 e. The lowest BCUT2D eigenvalue weighted by Crippen LogP contribution is -2.48. The standard InChI is InChI=1S/C28H36FN3O4S/c1-20-4-3-5-21(18-20)19-32(28(34)23-6-8-24(29)9-7-23)26-12-10-25(11-13-26)30-27(33)22-14-16-31(17-15-22)37(2,35)36/h3-9,18,22,25-26H,10-17,19H2,1-2H3,(H,30,33). The Bertz CT molecular complexity index is 1200. The molecule has 0 radical (unpaired) electrons. The number of hydrogen-bond acceptors (Lipinski definition) is 4. The second-order valence-corrected chi connectivity index (χ2v) is 12.4. The van der Waals surface area contributed by atoms with Crippen LogP contribution in [0.3, 0.4) is 0 Å². The number of sulfonamides is 1. The molecule has 0 unspecified atom stereocenters. The van der Waals surface area contributed by atoms with Gasteiger partial charge in [0.2, 0.25) is 15.9 Å². The molecule has 0 bridgehead atoms. The van der Waals surface area contributed by atoms with Crippen molar-refractivity contribution in [2.75, 3.05) is 19.3 Å². The van der Waals surface area contributed by atoms with Gasteiger partial charge >= 0.3 is 0 Å². The third-order valence-corrected chi connectivity index (χ3v) is 8.87. The van der Waals surface area contributed by atoms with Gasteiger partial charge in [-0.1, -0.05) is 29.8 Å². The summed E-state index contributed by atoms with van der Waals surface area (Å²) in [6, 6.07) is 13.8. The highest BCUT2D eigenvalue weighted by Gasteiger charge is 2.33. The first kappa shape index (κ1) is 27.3. The molecule has 1 saturated heterocycles. The summed E-state index contributed by atoms with van der Waals surface area (Å²) in [6.07, 6.45) is 5.32. The maximum atomic E-state index is 13.5. The Morgan fingerprint density at radius 1 is 1.00 bits per heavy atom. The summed E-state index contributed by atoms with van der Waals surface area (Å²) in [5.74, 6) is -0.671. The molecule has 37 heavy (non-hydrogen) atoms. The SMILES string of the molecule is Cc1cccc(CN(C(=O)c2ccc(F)cc2)C2CCC(NC(=O)C3CCN(S(C)(=O)=O)CC3)CC2)c1. The molecule has 0 aromatic heterocycles. The average molecular weight is 530 g/mol. The molecular formula is C28H36FN3O4S. The summed E-state index contributed by atoms with van der Waals surface area (Å²) in [5, 5.41) is 3.17. The largest absolute Gasteiger partial charge is 0.353 e. The van der Waals surface area contributed by atoms with E-state index in [9.17, 15) is 22.4 Å². The van der Waals surface area contributed by atoms with Crippen LogP contribution in [0.5, 0.6) is 0 Å². The lowest BCUT2D eigenvalue weighted by Gasteiger charge is -2.38. The van der Waals surface area contributed by atoms with Crippen molar-refractivity contribution in [2.24, 2.45) is 5.92 Å². The van der Waals surface area contributed by atoms with E-state index in [1.165, 1.54) is 34.8 Å². The van der Waals surface area contributed by atoms with Gasteiger partial charge in [0.05, 0.1) is 6.26 Å². The van der Waals surface area contributed by atoms with Crippen LogP contribution in [0, 0.1) is 18.7 Å². The van der Waals surface area contributed by atoms with Crippen LogP contribution in [0.15, 0.2) is 48.5 Å². The van der Waals surface area contributed by atoms with E-state index in [0.717, 1.165) is 36.8 Å². The van der Waals surface area contributed by atoms with Crippen LogP contribution in [-0.4, -0.2) is 60.9 Å². The monoisotopic (exact) mass is 529 g/mol. The van der Waals surface area contributed by atoms with Crippen molar-refractivity contribution in [2.45, 2.75) is 64.1 Å². The Kier molecular flexibility index (Phi) is 8.64. The molecule has 2 aliphatic rings. The number of rotatable bonds is 7. The fourth-order valence-corrected chi connectivity index (χ4v) is 6.31. The van der Waals surface area contributed by atoms with Gasteiger partial charge in [-0.25, -0.2) is 17.1 Å². The van der Waals surface area contributed by atoms with Crippen LogP contribution >= 0.6 is 0 Å². The highest BCUT2D eigenvalue weighted by Crippen LogP contribution is 2.28. The van der Waals surface area contributed by atoms with Crippen molar-refractivity contribution in [3.8, 4) is 0 Å². The Hall–Kier alpha value is -2.78. The van der Waals surface area contributed by atoms with Gasteiger partial charge in [-0.2, -0.15) is 0 Å². The van der Waals surface area contributed by atoms with Crippen molar-refractivity contribution in [1.29, 1.82) is 0 Å². The number of benzene rings is 2. The van der Waals surface area contributed by atoms with Crippen LogP contribution in [0.25, 0.3) is 0 Å². The number of carbonyl (C=O) groups excluding carboxylic acids is 2. The Labute approximate surface area is 219 Å². The van der Waals surface area contributed by atoms with Gasteiger partial charge < -0.3 is 10.2 Å². The van der Waals surface area contributed by atoms with Crippen LogP contribution in [0.2, 0.25) is 0 Å². The molecule has 9 heteroatoms. The van der Waals surface area contributed by atoms with Gasteiger partial charge in [-0.3, -0.25) is 9.59 Å². The van der Waals surface area contributed by atoms with E-state index >= 15 is 0 Å². The summed E-state index contributed by atoms with van der Waals surface area (Å²) in [5.41, 5.74) is 2.64. The first-order valence-corrected chi connectivity index (χ1v) is 14.8. The van der Waals surface area contributed by atoms with E-state index in [4.69, 9.17) is 0 Å². The molecule has 1 saturated carbocycles. The van der Waals surface area contributed by atoms with E-state index < -0.39 is 10.0 Å². The fourth-order valence-electron chi connectivity index (χ4n) is 5.43. The van der Waals surface area contributed by atoms with Crippen LogP contribution in [-0.2, 0) is 21.4 Å². The molecule has 1 aliphatic carbocycles. The Balaban J connectivity index is 1.37. The number of halogens is 1. The molecule has 2 amide bonds. The highest BCUT2D eigenvalue weighted by atomic mass is 32.2. The van der Waals surface area contributed by atoms with E-state index in [2.05, 4.69) is 11.4 Å².